The lowest BCUT2D eigenvalue weighted by molar-refractivity contribution is 0.798. The minimum atomic E-state index is 0.463. The van der Waals surface area contributed by atoms with E-state index >= 15 is 0 Å². The van der Waals surface area contributed by atoms with Crippen molar-refractivity contribution in [2.45, 2.75) is 33.2 Å². The van der Waals surface area contributed by atoms with Gasteiger partial charge in [0.2, 0.25) is 0 Å². The van der Waals surface area contributed by atoms with Gasteiger partial charge < -0.3 is 9.88 Å². The normalized spacial score (nSPS) is 11.1. The van der Waals surface area contributed by atoms with Gasteiger partial charge in [-0.1, -0.05) is 55.8 Å². The highest BCUT2D eigenvalue weighted by molar-refractivity contribution is 7.80. The van der Waals surface area contributed by atoms with E-state index in [4.69, 9.17) is 12.2 Å². The molecule has 0 radical (unpaired) electrons. The maximum absolute atomic E-state index is 5.32. The number of nitrogens with zero attached hydrogens (tertiary/aromatic N) is 2. The molecule has 5 heteroatoms. The number of hydrazone groups is 1. The monoisotopic (exact) mass is 390 g/mol. The Kier molecular flexibility index (Phi) is 6.61. The van der Waals surface area contributed by atoms with Crippen LogP contribution in [-0.2, 0) is 6.54 Å². The summed E-state index contributed by atoms with van der Waals surface area (Å²) in [6, 6.07) is 20.8. The molecule has 1 aromatic heterocycles. The Morgan fingerprint density at radius 3 is 2.61 bits per heavy atom. The summed E-state index contributed by atoms with van der Waals surface area (Å²) in [6.45, 7) is 7.27. The van der Waals surface area contributed by atoms with Crippen molar-refractivity contribution in [3.05, 3.63) is 89.2 Å². The van der Waals surface area contributed by atoms with Gasteiger partial charge in [0.05, 0.1) is 11.9 Å². The SMILES string of the molecule is Cc1cccc(Cn2cccc2C=NNC(=S)Nc2ccc(C(C)C)cc2)c1. The second kappa shape index (κ2) is 9.33. The largest absolute Gasteiger partial charge is 0.342 e. The first-order valence-corrected chi connectivity index (χ1v) is 9.83. The Hall–Kier alpha value is -2.92. The molecular formula is C23H26N4S. The van der Waals surface area contributed by atoms with Crippen LogP contribution in [0.15, 0.2) is 72.0 Å². The van der Waals surface area contributed by atoms with E-state index in [1.807, 2.05) is 24.3 Å². The Bertz CT molecular complexity index is 955. The second-order valence-corrected chi connectivity index (χ2v) is 7.56. The van der Waals surface area contributed by atoms with Crippen LogP contribution < -0.4 is 10.7 Å². The van der Waals surface area contributed by atoms with Crippen LogP contribution in [0.3, 0.4) is 0 Å². The first-order valence-electron chi connectivity index (χ1n) is 9.42. The van der Waals surface area contributed by atoms with Crippen LogP contribution in [0.5, 0.6) is 0 Å². The summed E-state index contributed by atoms with van der Waals surface area (Å²) in [4.78, 5) is 0. The van der Waals surface area contributed by atoms with E-state index in [0.717, 1.165) is 17.9 Å². The lowest BCUT2D eigenvalue weighted by atomic mass is 10.0. The fourth-order valence-electron chi connectivity index (χ4n) is 2.96. The summed E-state index contributed by atoms with van der Waals surface area (Å²) in [5.74, 6) is 0.514. The molecule has 0 amide bonds. The molecule has 0 saturated carbocycles. The van der Waals surface area contributed by atoms with Gasteiger partial charge in [-0.2, -0.15) is 5.10 Å². The first kappa shape index (κ1) is 19.8. The summed E-state index contributed by atoms with van der Waals surface area (Å²) >= 11 is 5.32. The van der Waals surface area contributed by atoms with E-state index < -0.39 is 0 Å². The molecule has 28 heavy (non-hydrogen) atoms. The zero-order valence-electron chi connectivity index (χ0n) is 16.5. The fourth-order valence-corrected chi connectivity index (χ4v) is 3.13. The fraction of sp³-hybridized carbons (Fsp3) is 0.217. The highest BCUT2D eigenvalue weighted by Gasteiger charge is 2.02. The van der Waals surface area contributed by atoms with Crippen molar-refractivity contribution < 1.29 is 0 Å². The van der Waals surface area contributed by atoms with Crippen LogP contribution in [0.1, 0.15) is 42.1 Å². The maximum atomic E-state index is 5.32. The molecule has 0 aliphatic rings. The quantitative estimate of drug-likeness (QED) is 0.341. The molecule has 2 N–H and O–H groups in total. The van der Waals surface area contributed by atoms with Crippen molar-refractivity contribution in [2.24, 2.45) is 5.10 Å². The highest BCUT2D eigenvalue weighted by atomic mass is 32.1. The molecule has 3 aromatic rings. The molecule has 144 valence electrons. The summed E-state index contributed by atoms with van der Waals surface area (Å²) in [5.41, 5.74) is 8.67. The molecule has 0 saturated heterocycles. The predicted molar refractivity (Wildman–Crippen MR) is 122 cm³/mol. The Labute approximate surface area is 172 Å². The molecule has 0 spiro atoms. The standard InChI is InChI=1S/C23H26N4S/c1-17(2)20-9-11-21(12-10-20)25-23(28)26-24-15-22-8-5-13-27(22)16-19-7-4-6-18(3)14-19/h4-15,17H,16H2,1-3H3,(H2,25,26,28). The lowest BCUT2D eigenvalue weighted by Gasteiger charge is -2.10. The van der Waals surface area contributed by atoms with Gasteiger partial charge in [-0.15, -0.1) is 0 Å². The Morgan fingerprint density at radius 1 is 1.11 bits per heavy atom. The molecule has 0 unspecified atom stereocenters. The van der Waals surface area contributed by atoms with Crippen LogP contribution in [0.2, 0.25) is 0 Å². The minimum absolute atomic E-state index is 0.463. The average molecular weight is 391 g/mol. The first-order chi connectivity index (χ1) is 13.5. The number of nitrogens with one attached hydrogen (secondary N) is 2. The summed E-state index contributed by atoms with van der Waals surface area (Å²) < 4.78 is 2.15. The van der Waals surface area contributed by atoms with E-state index in [9.17, 15) is 0 Å². The van der Waals surface area contributed by atoms with Gasteiger partial charge in [0.15, 0.2) is 5.11 Å². The molecule has 0 bridgehead atoms. The number of aromatic nitrogens is 1. The summed E-state index contributed by atoms with van der Waals surface area (Å²) in [7, 11) is 0. The van der Waals surface area contributed by atoms with Crippen molar-refractivity contribution in [2.75, 3.05) is 5.32 Å². The number of benzene rings is 2. The highest BCUT2D eigenvalue weighted by Crippen LogP contribution is 2.17. The molecule has 0 fully saturated rings. The smallest absolute Gasteiger partial charge is 0.191 e. The Morgan fingerprint density at radius 2 is 1.89 bits per heavy atom. The van der Waals surface area contributed by atoms with E-state index in [1.54, 1.807) is 6.21 Å². The van der Waals surface area contributed by atoms with E-state index in [2.05, 4.69) is 83.8 Å². The predicted octanol–water partition coefficient (Wildman–Crippen LogP) is 5.29. The maximum Gasteiger partial charge on any atom is 0.191 e. The number of rotatable bonds is 6. The third-order valence-electron chi connectivity index (χ3n) is 4.50. The van der Waals surface area contributed by atoms with Crippen LogP contribution in [0, 0.1) is 6.92 Å². The molecular weight excluding hydrogens is 364 g/mol. The van der Waals surface area contributed by atoms with E-state index in [0.29, 0.717) is 11.0 Å². The molecule has 0 atom stereocenters. The van der Waals surface area contributed by atoms with Gasteiger partial charge in [0.1, 0.15) is 0 Å². The molecule has 4 nitrogen and oxygen atoms in total. The lowest BCUT2D eigenvalue weighted by Crippen LogP contribution is -2.24. The topological polar surface area (TPSA) is 41.4 Å². The molecule has 3 rings (SSSR count). The van der Waals surface area contributed by atoms with Crippen molar-refractivity contribution in [3.8, 4) is 0 Å². The van der Waals surface area contributed by atoms with Crippen LogP contribution in [0.25, 0.3) is 0 Å². The summed E-state index contributed by atoms with van der Waals surface area (Å²) in [6.07, 6.45) is 3.84. The third-order valence-corrected chi connectivity index (χ3v) is 4.69. The van der Waals surface area contributed by atoms with Crippen molar-refractivity contribution in [1.82, 2.24) is 9.99 Å². The van der Waals surface area contributed by atoms with Crippen molar-refractivity contribution in [1.29, 1.82) is 0 Å². The zero-order valence-corrected chi connectivity index (χ0v) is 17.3. The summed E-state index contributed by atoms with van der Waals surface area (Å²) in [5, 5.41) is 7.89. The van der Waals surface area contributed by atoms with Gasteiger partial charge in [0.25, 0.3) is 0 Å². The number of aryl methyl sites for hydroxylation is 1. The number of hydrogen-bond donors (Lipinski definition) is 2. The van der Waals surface area contributed by atoms with Gasteiger partial charge in [-0.25, -0.2) is 0 Å². The van der Waals surface area contributed by atoms with E-state index in [-0.39, 0.29) is 0 Å². The van der Waals surface area contributed by atoms with Crippen LogP contribution >= 0.6 is 12.2 Å². The Balaban J connectivity index is 1.56. The molecule has 0 aliphatic carbocycles. The van der Waals surface area contributed by atoms with Gasteiger partial charge >= 0.3 is 0 Å². The molecule has 1 heterocycles. The van der Waals surface area contributed by atoms with Gasteiger partial charge in [-0.05, 0) is 60.5 Å². The zero-order chi connectivity index (χ0) is 19.9. The van der Waals surface area contributed by atoms with Crippen LogP contribution in [-0.4, -0.2) is 15.9 Å². The minimum Gasteiger partial charge on any atom is -0.342 e. The number of thiocarbonyl (C=S) groups is 1. The number of hydrogen-bond acceptors (Lipinski definition) is 2. The van der Waals surface area contributed by atoms with E-state index in [1.165, 1.54) is 16.7 Å². The third kappa shape index (κ3) is 5.54. The van der Waals surface area contributed by atoms with Gasteiger partial charge in [0, 0.05) is 18.4 Å². The second-order valence-electron chi connectivity index (χ2n) is 7.15. The molecule has 2 aromatic carbocycles. The molecule has 0 aliphatic heterocycles. The van der Waals surface area contributed by atoms with Crippen LogP contribution in [0.4, 0.5) is 5.69 Å². The van der Waals surface area contributed by atoms with Crippen molar-refractivity contribution >= 4 is 29.2 Å². The van der Waals surface area contributed by atoms with Gasteiger partial charge in [-0.3, -0.25) is 5.43 Å². The average Bonchev–Trinajstić information content (AvgIpc) is 3.09. The number of anilines is 1. The van der Waals surface area contributed by atoms with Crippen molar-refractivity contribution in [3.63, 3.8) is 0 Å².